The molecule has 0 heterocycles. The van der Waals surface area contributed by atoms with Gasteiger partial charge in [-0.2, -0.15) is 0 Å². The van der Waals surface area contributed by atoms with Crippen molar-refractivity contribution in [1.82, 2.24) is 0 Å². The molecular formula is C24H34O3. The summed E-state index contributed by atoms with van der Waals surface area (Å²) in [5, 5.41) is 9.15. The van der Waals surface area contributed by atoms with Gasteiger partial charge in [-0.05, 0) is 105 Å². The Kier molecular flexibility index (Phi) is 3.79. The topological polar surface area (TPSA) is 54.4 Å². The summed E-state index contributed by atoms with van der Waals surface area (Å²) in [5.74, 6) is 2.67. The van der Waals surface area contributed by atoms with Crippen molar-refractivity contribution in [2.45, 2.75) is 84.5 Å². The quantitative estimate of drug-likeness (QED) is 0.725. The Morgan fingerprint density at radius 3 is 2.59 bits per heavy atom. The average Bonchev–Trinajstić information content (AvgIpc) is 3.29. The molecule has 0 saturated heterocycles. The number of carbonyl (C=O) groups is 2. The molecule has 5 aliphatic carbocycles. The zero-order valence-corrected chi connectivity index (χ0v) is 16.9. The maximum atomic E-state index is 12.6. The van der Waals surface area contributed by atoms with Crippen molar-refractivity contribution in [3.05, 3.63) is 11.6 Å². The number of carboxylic acids is 1. The monoisotopic (exact) mass is 370 g/mol. The first-order chi connectivity index (χ1) is 12.8. The van der Waals surface area contributed by atoms with Crippen molar-refractivity contribution in [3.8, 4) is 0 Å². The predicted octanol–water partition coefficient (Wildman–Crippen LogP) is 5.39. The van der Waals surface area contributed by atoms with Gasteiger partial charge in [0.2, 0.25) is 0 Å². The summed E-state index contributed by atoms with van der Waals surface area (Å²) < 4.78 is 0. The minimum absolute atomic E-state index is 0.0145. The Balaban J connectivity index is 1.41. The molecule has 1 spiro atoms. The van der Waals surface area contributed by atoms with Gasteiger partial charge in [-0.3, -0.25) is 9.59 Å². The number of carboxylic acid groups (broad SMARTS) is 1. The number of fused-ring (bicyclic) bond motifs is 5. The number of allylic oxidation sites excluding steroid dienone is 1. The van der Waals surface area contributed by atoms with Gasteiger partial charge >= 0.3 is 5.97 Å². The Hall–Kier alpha value is -1.12. The van der Waals surface area contributed by atoms with Gasteiger partial charge in [0.1, 0.15) is 0 Å². The maximum absolute atomic E-state index is 12.6. The minimum atomic E-state index is -0.641. The fraction of sp³-hybridized carbons (Fsp3) is 0.833. The van der Waals surface area contributed by atoms with Gasteiger partial charge in [0.05, 0.1) is 0 Å². The van der Waals surface area contributed by atoms with Crippen LogP contribution in [0.5, 0.6) is 0 Å². The van der Waals surface area contributed by atoms with Crippen molar-refractivity contribution in [2.24, 2.45) is 39.9 Å². The summed E-state index contributed by atoms with van der Waals surface area (Å²) in [6.07, 6.45) is 14.0. The van der Waals surface area contributed by atoms with E-state index in [1.54, 1.807) is 0 Å². The number of ketones is 1. The van der Waals surface area contributed by atoms with Crippen molar-refractivity contribution >= 4 is 11.8 Å². The van der Waals surface area contributed by atoms with Crippen LogP contribution in [-0.2, 0) is 9.59 Å². The number of hydrogen-bond acceptors (Lipinski definition) is 2. The lowest BCUT2D eigenvalue weighted by atomic mass is 9.45. The standard InChI is InChI=1S/C24H34O3/c1-22-10-9-19-17(18(22)7-4-15(22)5-8-21(26)27)6-3-16-13-20(25)24(11-12-24)14-23(16,19)2/h13,15,17-19H,3-12,14H2,1-2H3,(H,26,27)/t15-,17+,18+,19+,22-,23+/m1/s1. The molecule has 0 aromatic heterocycles. The van der Waals surface area contributed by atoms with Gasteiger partial charge < -0.3 is 5.11 Å². The first-order valence-corrected chi connectivity index (χ1v) is 11.3. The summed E-state index contributed by atoms with van der Waals surface area (Å²) >= 11 is 0. The molecule has 3 nitrogen and oxygen atoms in total. The Morgan fingerprint density at radius 2 is 1.89 bits per heavy atom. The van der Waals surface area contributed by atoms with E-state index in [1.165, 1.54) is 37.7 Å². The molecule has 0 aromatic carbocycles. The lowest BCUT2D eigenvalue weighted by Crippen LogP contribution is -2.51. The third-order valence-corrected chi connectivity index (χ3v) is 10.0. The van der Waals surface area contributed by atoms with E-state index in [2.05, 4.69) is 19.9 Å². The highest BCUT2D eigenvalue weighted by atomic mass is 16.4. The molecule has 0 unspecified atom stereocenters. The Bertz CT molecular complexity index is 717. The van der Waals surface area contributed by atoms with E-state index >= 15 is 0 Å². The molecule has 0 bridgehead atoms. The number of hydrogen-bond donors (Lipinski definition) is 1. The van der Waals surface area contributed by atoms with Crippen molar-refractivity contribution in [3.63, 3.8) is 0 Å². The van der Waals surface area contributed by atoms with E-state index in [0.717, 1.165) is 49.9 Å². The van der Waals surface area contributed by atoms with Crippen LogP contribution in [-0.4, -0.2) is 16.9 Å². The molecule has 4 saturated carbocycles. The fourth-order valence-corrected chi connectivity index (χ4v) is 8.36. The van der Waals surface area contributed by atoms with Gasteiger partial charge in [0.25, 0.3) is 0 Å². The molecular weight excluding hydrogens is 336 g/mol. The number of aliphatic carboxylic acids is 1. The molecule has 0 aromatic rings. The minimum Gasteiger partial charge on any atom is -0.481 e. The molecule has 4 fully saturated rings. The van der Waals surface area contributed by atoms with Gasteiger partial charge in [0, 0.05) is 11.8 Å². The van der Waals surface area contributed by atoms with Crippen molar-refractivity contribution in [2.75, 3.05) is 0 Å². The molecule has 148 valence electrons. The summed E-state index contributed by atoms with van der Waals surface area (Å²) in [6, 6.07) is 0. The van der Waals surface area contributed by atoms with Gasteiger partial charge in [-0.25, -0.2) is 0 Å². The largest absolute Gasteiger partial charge is 0.481 e. The van der Waals surface area contributed by atoms with Crippen LogP contribution in [0.25, 0.3) is 0 Å². The fourth-order valence-electron chi connectivity index (χ4n) is 8.36. The zero-order valence-electron chi connectivity index (χ0n) is 16.9. The average molecular weight is 371 g/mol. The lowest BCUT2D eigenvalue weighted by Gasteiger charge is -2.59. The van der Waals surface area contributed by atoms with Crippen LogP contribution in [0, 0.1) is 39.9 Å². The highest BCUT2D eigenvalue weighted by Crippen LogP contribution is 2.70. The molecule has 0 aliphatic heterocycles. The van der Waals surface area contributed by atoms with E-state index in [9.17, 15) is 9.59 Å². The van der Waals surface area contributed by atoms with Crippen LogP contribution < -0.4 is 0 Å². The highest BCUT2D eigenvalue weighted by Gasteiger charge is 2.63. The van der Waals surface area contributed by atoms with Crippen LogP contribution in [0.4, 0.5) is 0 Å². The molecule has 0 amide bonds. The molecule has 6 atom stereocenters. The molecule has 27 heavy (non-hydrogen) atoms. The molecule has 3 heteroatoms. The van der Waals surface area contributed by atoms with Gasteiger partial charge in [-0.1, -0.05) is 19.4 Å². The van der Waals surface area contributed by atoms with Crippen LogP contribution in [0.15, 0.2) is 11.6 Å². The molecule has 5 aliphatic rings. The smallest absolute Gasteiger partial charge is 0.303 e. The third-order valence-electron chi connectivity index (χ3n) is 10.0. The molecule has 0 radical (unpaired) electrons. The van der Waals surface area contributed by atoms with E-state index < -0.39 is 5.97 Å². The van der Waals surface area contributed by atoms with Crippen LogP contribution in [0.2, 0.25) is 0 Å². The second-order valence-corrected chi connectivity index (χ2v) is 11.1. The first-order valence-electron chi connectivity index (χ1n) is 11.3. The lowest BCUT2D eigenvalue weighted by molar-refractivity contribution is -0.137. The van der Waals surface area contributed by atoms with Crippen LogP contribution in [0.3, 0.4) is 0 Å². The van der Waals surface area contributed by atoms with Crippen molar-refractivity contribution < 1.29 is 14.7 Å². The SMILES string of the molecule is C[C@]12CC[C@H]3[C@@H](CCC4=CC(=O)C5(CC5)C[C@@]43C)[C@@H]1CC[C@@H]2CCC(=O)O. The predicted molar refractivity (Wildman–Crippen MR) is 104 cm³/mol. The summed E-state index contributed by atoms with van der Waals surface area (Å²) in [6.45, 7) is 4.97. The number of rotatable bonds is 3. The summed E-state index contributed by atoms with van der Waals surface area (Å²) in [5.41, 5.74) is 2.07. The molecule has 5 rings (SSSR count). The van der Waals surface area contributed by atoms with E-state index in [-0.39, 0.29) is 10.8 Å². The summed E-state index contributed by atoms with van der Waals surface area (Å²) in [4.78, 5) is 23.7. The zero-order chi connectivity index (χ0) is 19.0. The van der Waals surface area contributed by atoms with Crippen LogP contribution >= 0.6 is 0 Å². The van der Waals surface area contributed by atoms with Gasteiger partial charge in [0.15, 0.2) is 5.78 Å². The maximum Gasteiger partial charge on any atom is 0.303 e. The number of carbonyl (C=O) groups excluding carboxylic acids is 1. The normalized spacial score (nSPS) is 47.0. The van der Waals surface area contributed by atoms with E-state index in [4.69, 9.17) is 5.11 Å². The van der Waals surface area contributed by atoms with Crippen molar-refractivity contribution in [1.29, 1.82) is 0 Å². The first kappa shape index (κ1) is 17.9. The Morgan fingerprint density at radius 1 is 1.11 bits per heavy atom. The summed E-state index contributed by atoms with van der Waals surface area (Å²) in [7, 11) is 0. The highest BCUT2D eigenvalue weighted by molar-refractivity contribution is 5.98. The van der Waals surface area contributed by atoms with Gasteiger partial charge in [-0.15, -0.1) is 0 Å². The van der Waals surface area contributed by atoms with Crippen LogP contribution in [0.1, 0.15) is 84.5 Å². The van der Waals surface area contributed by atoms with E-state index in [1.807, 2.05) is 0 Å². The molecule has 1 N–H and O–H groups in total. The second kappa shape index (κ2) is 5.70. The Labute approximate surface area is 163 Å². The second-order valence-electron chi connectivity index (χ2n) is 11.1. The van der Waals surface area contributed by atoms with E-state index in [0.29, 0.717) is 23.5 Å². The third kappa shape index (κ3) is 2.45.